The lowest BCUT2D eigenvalue weighted by Gasteiger charge is -2.09. The van der Waals surface area contributed by atoms with Crippen molar-refractivity contribution in [3.05, 3.63) is 56.5 Å². The molecule has 0 amide bonds. The monoisotopic (exact) mass is 359 g/mol. The lowest BCUT2D eigenvalue weighted by molar-refractivity contribution is 0.482. The average molecular weight is 361 g/mol. The Balaban J connectivity index is 2.21. The molecule has 2 aromatic rings. The normalized spacial score (nSPS) is 10.5. The number of hydrogen-bond acceptors (Lipinski definition) is 2. The van der Waals surface area contributed by atoms with Crippen molar-refractivity contribution in [1.82, 2.24) is 5.32 Å². The smallest absolute Gasteiger partial charge is 0.130 e. The fourth-order valence-corrected chi connectivity index (χ4v) is 2.65. The van der Waals surface area contributed by atoms with Gasteiger partial charge in [0.25, 0.3) is 0 Å². The van der Waals surface area contributed by atoms with Gasteiger partial charge in [-0.15, -0.1) is 0 Å². The summed E-state index contributed by atoms with van der Waals surface area (Å²) in [7, 11) is 1.91. The van der Waals surface area contributed by atoms with Gasteiger partial charge in [-0.05, 0) is 42.9 Å². The predicted molar refractivity (Wildman–Crippen MR) is 83.4 cm³/mol. The number of nitrogens with one attached hydrogen (secondary N) is 1. The highest BCUT2D eigenvalue weighted by molar-refractivity contribution is 9.10. The summed E-state index contributed by atoms with van der Waals surface area (Å²) in [5.74, 6) is 1.34. The molecule has 100 valence electrons. The molecule has 0 bridgehead atoms. The predicted octanol–water partition coefficient (Wildman–Crippen LogP) is 5.27. The molecule has 2 aromatic carbocycles. The first-order valence-corrected chi connectivity index (χ1v) is 7.20. The highest BCUT2D eigenvalue weighted by Gasteiger charge is 2.04. The van der Waals surface area contributed by atoms with Crippen LogP contribution in [0.25, 0.3) is 0 Å². The van der Waals surface area contributed by atoms with Gasteiger partial charge in [-0.2, -0.15) is 0 Å². The summed E-state index contributed by atoms with van der Waals surface area (Å²) in [5, 5.41) is 4.20. The van der Waals surface area contributed by atoms with E-state index in [-0.39, 0.29) is 0 Å². The van der Waals surface area contributed by atoms with E-state index in [1.54, 1.807) is 18.2 Å². The van der Waals surface area contributed by atoms with Gasteiger partial charge in [-0.25, -0.2) is 0 Å². The maximum atomic E-state index is 5.93. The van der Waals surface area contributed by atoms with E-state index in [0.717, 1.165) is 16.8 Å². The summed E-state index contributed by atoms with van der Waals surface area (Å²) < 4.78 is 6.73. The molecule has 19 heavy (non-hydrogen) atoms. The Morgan fingerprint density at radius 3 is 2.32 bits per heavy atom. The molecule has 0 heterocycles. The molecule has 0 radical (unpaired) electrons. The zero-order chi connectivity index (χ0) is 13.8. The quantitative estimate of drug-likeness (QED) is 0.802. The van der Waals surface area contributed by atoms with Crippen LogP contribution in [0.15, 0.2) is 40.9 Å². The molecule has 2 nitrogen and oxygen atoms in total. The highest BCUT2D eigenvalue weighted by Crippen LogP contribution is 2.30. The van der Waals surface area contributed by atoms with Crippen molar-refractivity contribution in [2.75, 3.05) is 7.05 Å². The van der Waals surface area contributed by atoms with Gasteiger partial charge >= 0.3 is 0 Å². The fraction of sp³-hybridized carbons (Fsp3) is 0.143. The van der Waals surface area contributed by atoms with Crippen molar-refractivity contribution in [3.8, 4) is 11.5 Å². The molecule has 0 aliphatic rings. The summed E-state index contributed by atoms with van der Waals surface area (Å²) in [6.07, 6.45) is 0. The fourth-order valence-electron chi connectivity index (χ4n) is 1.65. The molecule has 0 saturated carbocycles. The molecule has 5 heteroatoms. The summed E-state index contributed by atoms with van der Waals surface area (Å²) in [5.41, 5.74) is 1.17. The van der Waals surface area contributed by atoms with Crippen LogP contribution in [0.1, 0.15) is 5.56 Å². The van der Waals surface area contributed by atoms with Crippen LogP contribution in [0.5, 0.6) is 11.5 Å². The molecule has 1 N–H and O–H groups in total. The van der Waals surface area contributed by atoms with E-state index in [2.05, 4.69) is 21.2 Å². The van der Waals surface area contributed by atoms with Gasteiger partial charge in [0.1, 0.15) is 11.5 Å². The Bertz CT molecular complexity index is 569. The molecule has 0 fully saturated rings. The van der Waals surface area contributed by atoms with Crippen LogP contribution in [0, 0.1) is 0 Å². The third kappa shape index (κ3) is 4.11. The molecule has 0 aliphatic heterocycles. The molecule has 0 atom stereocenters. The lowest BCUT2D eigenvalue weighted by Crippen LogP contribution is -2.05. The molecule has 2 rings (SSSR count). The molecule has 0 aromatic heterocycles. The van der Waals surface area contributed by atoms with E-state index < -0.39 is 0 Å². The van der Waals surface area contributed by atoms with Crippen LogP contribution in [-0.4, -0.2) is 7.05 Å². The van der Waals surface area contributed by atoms with E-state index in [1.807, 2.05) is 25.2 Å². The number of benzene rings is 2. The Morgan fingerprint density at radius 2 is 1.74 bits per heavy atom. The second-order valence-corrected chi connectivity index (χ2v) is 5.72. The summed E-state index contributed by atoms with van der Waals surface area (Å²) in [6, 6.07) is 10.9. The third-order valence-electron chi connectivity index (χ3n) is 2.46. The van der Waals surface area contributed by atoms with Gasteiger partial charge in [-0.3, -0.25) is 0 Å². The number of rotatable bonds is 4. The van der Waals surface area contributed by atoms with Crippen molar-refractivity contribution < 1.29 is 4.74 Å². The van der Waals surface area contributed by atoms with E-state index in [0.29, 0.717) is 15.8 Å². The SMILES string of the molecule is CNCc1ccc(Oc2cc(Cl)cc(Cl)c2)cc1Br. The molecule has 0 unspecified atom stereocenters. The van der Waals surface area contributed by atoms with E-state index in [9.17, 15) is 0 Å². The second kappa shape index (κ2) is 6.62. The standard InChI is InChI=1S/C14H12BrCl2NO/c1-18-8-9-2-3-12(7-14(9)15)19-13-5-10(16)4-11(17)6-13/h2-7,18H,8H2,1H3. The third-order valence-corrected chi connectivity index (χ3v) is 3.64. The Kier molecular flexibility index (Phi) is 5.11. The van der Waals surface area contributed by atoms with Crippen molar-refractivity contribution >= 4 is 39.1 Å². The first-order valence-electron chi connectivity index (χ1n) is 5.65. The average Bonchev–Trinajstić information content (AvgIpc) is 2.31. The number of halogens is 3. The van der Waals surface area contributed by atoms with Crippen molar-refractivity contribution in [2.24, 2.45) is 0 Å². The molecular formula is C14H12BrCl2NO. The van der Waals surface area contributed by atoms with E-state index in [1.165, 1.54) is 5.56 Å². The van der Waals surface area contributed by atoms with Gasteiger partial charge in [-0.1, -0.05) is 45.2 Å². The van der Waals surface area contributed by atoms with Crippen molar-refractivity contribution in [1.29, 1.82) is 0 Å². The number of hydrogen-bond donors (Lipinski definition) is 1. The molecule has 0 spiro atoms. The minimum absolute atomic E-state index is 0.549. The van der Waals surface area contributed by atoms with Crippen LogP contribution >= 0.6 is 39.1 Å². The van der Waals surface area contributed by atoms with Crippen molar-refractivity contribution in [3.63, 3.8) is 0 Å². The zero-order valence-electron chi connectivity index (χ0n) is 10.2. The lowest BCUT2D eigenvalue weighted by atomic mass is 10.2. The van der Waals surface area contributed by atoms with Crippen LogP contribution in [-0.2, 0) is 6.54 Å². The molecule has 0 saturated heterocycles. The molecular weight excluding hydrogens is 349 g/mol. The Labute approximate surface area is 130 Å². The molecule has 0 aliphatic carbocycles. The zero-order valence-corrected chi connectivity index (χ0v) is 13.3. The van der Waals surface area contributed by atoms with Crippen LogP contribution in [0.3, 0.4) is 0 Å². The maximum Gasteiger partial charge on any atom is 0.130 e. The first-order chi connectivity index (χ1) is 9.08. The second-order valence-electron chi connectivity index (χ2n) is 3.99. The number of ether oxygens (including phenoxy) is 1. The highest BCUT2D eigenvalue weighted by atomic mass is 79.9. The van der Waals surface area contributed by atoms with Gasteiger partial charge in [0, 0.05) is 21.1 Å². The first kappa shape index (κ1) is 14.7. The largest absolute Gasteiger partial charge is 0.457 e. The van der Waals surface area contributed by atoms with Gasteiger partial charge in [0.2, 0.25) is 0 Å². The maximum absolute atomic E-state index is 5.93. The minimum atomic E-state index is 0.549. The van der Waals surface area contributed by atoms with Crippen LogP contribution < -0.4 is 10.1 Å². The topological polar surface area (TPSA) is 21.3 Å². The van der Waals surface area contributed by atoms with Crippen LogP contribution in [0.4, 0.5) is 0 Å². The Morgan fingerprint density at radius 1 is 1.05 bits per heavy atom. The van der Waals surface area contributed by atoms with Gasteiger partial charge in [0.15, 0.2) is 0 Å². The van der Waals surface area contributed by atoms with Gasteiger partial charge < -0.3 is 10.1 Å². The van der Waals surface area contributed by atoms with Crippen molar-refractivity contribution in [2.45, 2.75) is 6.54 Å². The van der Waals surface area contributed by atoms with E-state index in [4.69, 9.17) is 27.9 Å². The Hall–Kier alpha value is -0.740. The van der Waals surface area contributed by atoms with Gasteiger partial charge in [0.05, 0.1) is 0 Å². The summed E-state index contributed by atoms with van der Waals surface area (Å²) in [4.78, 5) is 0. The van der Waals surface area contributed by atoms with E-state index >= 15 is 0 Å². The summed E-state index contributed by atoms with van der Waals surface area (Å²) >= 11 is 15.4. The minimum Gasteiger partial charge on any atom is -0.457 e. The van der Waals surface area contributed by atoms with Crippen LogP contribution in [0.2, 0.25) is 10.0 Å². The summed E-state index contributed by atoms with van der Waals surface area (Å²) in [6.45, 7) is 0.795.